The minimum absolute atomic E-state index is 0.394. The maximum absolute atomic E-state index is 9.64. The molecule has 3 aromatic rings. The molecule has 1 heterocycles. The van der Waals surface area contributed by atoms with Crippen LogP contribution in [0.5, 0.6) is 11.5 Å². The number of allylic oxidation sites excluding steroid dienone is 1. The van der Waals surface area contributed by atoms with Crippen LogP contribution in [0.2, 0.25) is 0 Å². The van der Waals surface area contributed by atoms with Gasteiger partial charge in [0.05, 0.1) is 19.8 Å². The van der Waals surface area contributed by atoms with Gasteiger partial charge in [-0.05, 0) is 18.2 Å². The van der Waals surface area contributed by atoms with Crippen LogP contribution in [-0.4, -0.2) is 29.0 Å². The third-order valence-electron chi connectivity index (χ3n) is 4.01. The molecule has 6 heteroatoms. The Labute approximate surface area is 151 Å². The zero-order valence-corrected chi connectivity index (χ0v) is 14.8. The van der Waals surface area contributed by atoms with Gasteiger partial charge in [0.2, 0.25) is 0 Å². The van der Waals surface area contributed by atoms with E-state index in [9.17, 15) is 5.26 Å². The Morgan fingerprint density at radius 1 is 1.08 bits per heavy atom. The first-order valence-corrected chi connectivity index (χ1v) is 7.97. The zero-order valence-electron chi connectivity index (χ0n) is 14.8. The molecule has 0 amide bonds. The molecule has 0 unspecified atom stereocenters. The number of rotatable bonds is 5. The summed E-state index contributed by atoms with van der Waals surface area (Å²) in [7, 11) is 5.01. The molecule has 1 aromatic heterocycles. The number of aromatic nitrogens is 3. The normalized spacial score (nSPS) is 11.1. The zero-order chi connectivity index (χ0) is 18.5. The highest BCUT2D eigenvalue weighted by molar-refractivity contribution is 5.89. The molecule has 26 heavy (non-hydrogen) atoms. The van der Waals surface area contributed by atoms with Crippen LogP contribution in [-0.2, 0) is 7.05 Å². The second-order valence-electron chi connectivity index (χ2n) is 5.55. The third kappa shape index (κ3) is 3.28. The highest BCUT2D eigenvalue weighted by Crippen LogP contribution is 2.29. The van der Waals surface area contributed by atoms with Gasteiger partial charge < -0.3 is 14.0 Å². The first kappa shape index (κ1) is 17.2. The van der Waals surface area contributed by atoms with Crippen molar-refractivity contribution in [3.63, 3.8) is 0 Å². The minimum atomic E-state index is 0.394. The van der Waals surface area contributed by atoms with Gasteiger partial charge in [0.15, 0.2) is 11.6 Å². The molecule has 0 radical (unpaired) electrons. The highest BCUT2D eigenvalue weighted by Gasteiger charge is 2.15. The van der Waals surface area contributed by atoms with E-state index < -0.39 is 0 Å². The van der Waals surface area contributed by atoms with Gasteiger partial charge in [-0.1, -0.05) is 30.3 Å². The number of ether oxygens (including phenoxy) is 2. The summed E-state index contributed by atoms with van der Waals surface area (Å²) in [5, 5.41) is 18.1. The molecule has 0 saturated heterocycles. The first-order valence-electron chi connectivity index (χ1n) is 7.97. The molecule has 3 rings (SSSR count). The smallest absolute Gasteiger partial charge is 0.174 e. The molecule has 0 aliphatic heterocycles. The lowest BCUT2D eigenvalue weighted by molar-refractivity contribution is 0.394. The van der Waals surface area contributed by atoms with Crippen molar-refractivity contribution < 1.29 is 9.47 Å². The summed E-state index contributed by atoms with van der Waals surface area (Å²) in [5.74, 6) is 2.48. The van der Waals surface area contributed by atoms with Gasteiger partial charge in [0, 0.05) is 24.2 Å². The highest BCUT2D eigenvalue weighted by atomic mass is 16.5. The molecule has 130 valence electrons. The van der Waals surface area contributed by atoms with Crippen molar-refractivity contribution in [2.24, 2.45) is 7.05 Å². The molecule has 0 aliphatic rings. The molecule has 0 N–H and O–H groups in total. The Hall–Kier alpha value is -3.59. The van der Waals surface area contributed by atoms with Gasteiger partial charge in [-0.3, -0.25) is 0 Å². The van der Waals surface area contributed by atoms with E-state index in [1.165, 1.54) is 0 Å². The van der Waals surface area contributed by atoms with E-state index in [4.69, 9.17) is 9.47 Å². The number of hydrogen-bond donors (Lipinski definition) is 0. The molecular weight excluding hydrogens is 328 g/mol. The molecule has 0 atom stereocenters. The second-order valence-corrected chi connectivity index (χ2v) is 5.55. The Balaban J connectivity index is 2.04. The largest absolute Gasteiger partial charge is 0.497 e. The van der Waals surface area contributed by atoms with Gasteiger partial charge in [-0.25, -0.2) is 0 Å². The van der Waals surface area contributed by atoms with E-state index in [0.29, 0.717) is 28.7 Å². The van der Waals surface area contributed by atoms with Crippen molar-refractivity contribution in [1.29, 1.82) is 5.26 Å². The first-order chi connectivity index (χ1) is 12.7. The van der Waals surface area contributed by atoms with Crippen molar-refractivity contribution >= 4 is 11.6 Å². The average molecular weight is 346 g/mol. The van der Waals surface area contributed by atoms with Crippen molar-refractivity contribution in [1.82, 2.24) is 14.8 Å². The summed E-state index contributed by atoms with van der Waals surface area (Å²) in [6.07, 6.45) is 1.73. The molecule has 0 bridgehead atoms. The van der Waals surface area contributed by atoms with Gasteiger partial charge in [0.1, 0.15) is 17.6 Å². The van der Waals surface area contributed by atoms with Crippen molar-refractivity contribution in [2.75, 3.05) is 14.2 Å². The van der Waals surface area contributed by atoms with Crippen LogP contribution in [0.1, 0.15) is 11.4 Å². The molecule has 0 saturated carbocycles. The Kier molecular flexibility index (Phi) is 4.99. The van der Waals surface area contributed by atoms with Crippen LogP contribution in [0.25, 0.3) is 23.0 Å². The monoisotopic (exact) mass is 346 g/mol. The predicted molar refractivity (Wildman–Crippen MR) is 99.5 cm³/mol. The lowest BCUT2D eigenvalue weighted by atomic mass is 10.1. The number of nitriles is 1. The molecule has 0 aliphatic carbocycles. The number of hydrogen-bond acceptors (Lipinski definition) is 5. The van der Waals surface area contributed by atoms with E-state index >= 15 is 0 Å². The van der Waals surface area contributed by atoms with E-state index in [1.54, 1.807) is 30.9 Å². The standard InChI is InChI=1S/C20H18N4O2/c1-24-19(14-7-5-4-6-8-14)22-23-20(24)16(13-21)11-15-9-10-17(25-2)12-18(15)26-3/h4-12H,1-3H3. The predicted octanol–water partition coefficient (Wildman–Crippen LogP) is 3.56. The second kappa shape index (κ2) is 7.53. The van der Waals surface area contributed by atoms with Crippen molar-refractivity contribution in [3.8, 4) is 29.0 Å². The van der Waals surface area contributed by atoms with Gasteiger partial charge in [-0.15, -0.1) is 10.2 Å². The Bertz CT molecular complexity index is 985. The van der Waals surface area contributed by atoms with Crippen molar-refractivity contribution in [2.45, 2.75) is 0 Å². The third-order valence-corrected chi connectivity index (χ3v) is 4.01. The van der Waals surface area contributed by atoms with Crippen LogP contribution < -0.4 is 9.47 Å². The van der Waals surface area contributed by atoms with E-state index in [-0.39, 0.29) is 0 Å². The summed E-state index contributed by atoms with van der Waals surface area (Å²) < 4.78 is 12.4. The molecule has 0 spiro atoms. The quantitative estimate of drug-likeness (QED) is 0.661. The fourth-order valence-electron chi connectivity index (χ4n) is 2.64. The average Bonchev–Trinajstić information content (AvgIpc) is 3.08. The fraction of sp³-hybridized carbons (Fsp3) is 0.150. The minimum Gasteiger partial charge on any atom is -0.497 e. The Morgan fingerprint density at radius 2 is 1.85 bits per heavy atom. The van der Waals surface area contributed by atoms with Crippen LogP contribution in [0, 0.1) is 11.3 Å². The fourth-order valence-corrected chi connectivity index (χ4v) is 2.64. The molecule has 6 nitrogen and oxygen atoms in total. The van der Waals surface area contributed by atoms with Crippen molar-refractivity contribution in [3.05, 3.63) is 59.9 Å². The molecule has 2 aromatic carbocycles. The number of benzene rings is 2. The van der Waals surface area contributed by atoms with Crippen LogP contribution in [0.15, 0.2) is 48.5 Å². The molecular formula is C20H18N4O2. The maximum Gasteiger partial charge on any atom is 0.174 e. The van der Waals surface area contributed by atoms with Crippen LogP contribution in [0.4, 0.5) is 0 Å². The van der Waals surface area contributed by atoms with Crippen LogP contribution >= 0.6 is 0 Å². The lowest BCUT2D eigenvalue weighted by Gasteiger charge is -2.08. The molecule has 0 fully saturated rings. The van der Waals surface area contributed by atoms with Gasteiger partial charge in [-0.2, -0.15) is 5.26 Å². The number of nitrogens with zero attached hydrogens (tertiary/aromatic N) is 4. The summed E-state index contributed by atoms with van der Waals surface area (Å²) in [5.41, 5.74) is 2.09. The summed E-state index contributed by atoms with van der Waals surface area (Å²) >= 11 is 0. The van der Waals surface area contributed by atoms with Crippen LogP contribution in [0.3, 0.4) is 0 Å². The topological polar surface area (TPSA) is 73.0 Å². The van der Waals surface area contributed by atoms with E-state index in [0.717, 1.165) is 11.1 Å². The maximum atomic E-state index is 9.64. The summed E-state index contributed by atoms with van der Waals surface area (Å²) in [6, 6.07) is 17.4. The number of methoxy groups -OCH3 is 2. The summed E-state index contributed by atoms with van der Waals surface area (Å²) in [4.78, 5) is 0. The lowest BCUT2D eigenvalue weighted by Crippen LogP contribution is -1.99. The summed E-state index contributed by atoms with van der Waals surface area (Å²) in [6.45, 7) is 0. The van der Waals surface area contributed by atoms with E-state index in [2.05, 4.69) is 16.3 Å². The van der Waals surface area contributed by atoms with Gasteiger partial charge >= 0.3 is 0 Å². The Morgan fingerprint density at radius 3 is 2.50 bits per heavy atom. The van der Waals surface area contributed by atoms with Gasteiger partial charge in [0.25, 0.3) is 0 Å². The van der Waals surface area contributed by atoms with E-state index in [1.807, 2.05) is 49.5 Å². The SMILES string of the molecule is COc1ccc(C=C(C#N)c2nnc(-c3ccccc3)n2C)c(OC)c1.